The summed E-state index contributed by atoms with van der Waals surface area (Å²) in [5, 5.41) is 3.37. The number of rotatable bonds is 2. The minimum atomic E-state index is 0. The topological polar surface area (TPSA) is 28.2 Å². The summed E-state index contributed by atoms with van der Waals surface area (Å²) in [5.74, 6) is 0. The molecule has 1 fully saturated rings. The zero-order valence-electron chi connectivity index (χ0n) is 9.73. The fraction of sp³-hybridized carbons (Fsp3) is 0.545. The zero-order valence-corrected chi connectivity index (χ0v) is 12.9. The first kappa shape index (κ1) is 17.1. The molecule has 6 heteroatoms. The third kappa shape index (κ3) is 4.38. The fourth-order valence-corrected chi connectivity index (χ4v) is 2.56. The van der Waals surface area contributed by atoms with E-state index < -0.39 is 0 Å². The first-order valence-electron chi connectivity index (χ1n) is 5.34. The summed E-state index contributed by atoms with van der Waals surface area (Å²) in [5.41, 5.74) is 1.28. The van der Waals surface area contributed by atoms with Gasteiger partial charge >= 0.3 is 0 Å². The van der Waals surface area contributed by atoms with Crippen molar-refractivity contribution >= 4 is 40.7 Å². The molecular formula is C11H18BrCl2N3. The third-order valence-corrected chi connectivity index (χ3v) is 3.60. The molecule has 0 aliphatic carbocycles. The average Bonchev–Trinajstić information content (AvgIpc) is 2.30. The predicted molar refractivity (Wildman–Crippen MR) is 79.3 cm³/mol. The van der Waals surface area contributed by atoms with Crippen LogP contribution in [0.4, 0.5) is 0 Å². The molecular weight excluding hydrogens is 325 g/mol. The van der Waals surface area contributed by atoms with Crippen molar-refractivity contribution in [3.63, 3.8) is 0 Å². The highest BCUT2D eigenvalue weighted by Crippen LogP contribution is 2.25. The van der Waals surface area contributed by atoms with Crippen LogP contribution in [0.2, 0.25) is 0 Å². The van der Waals surface area contributed by atoms with Gasteiger partial charge in [-0.15, -0.1) is 24.8 Å². The van der Waals surface area contributed by atoms with E-state index in [1.165, 1.54) is 5.56 Å². The highest BCUT2D eigenvalue weighted by atomic mass is 79.9. The Balaban J connectivity index is 0.00000128. The van der Waals surface area contributed by atoms with E-state index in [1.807, 2.05) is 12.3 Å². The SMILES string of the molecule is C[C@@H](c1cccnc1Br)N1CCNCC1.Cl.Cl. The molecule has 2 rings (SSSR count). The van der Waals surface area contributed by atoms with Gasteiger partial charge in [0.2, 0.25) is 0 Å². The van der Waals surface area contributed by atoms with Crippen molar-refractivity contribution in [2.45, 2.75) is 13.0 Å². The number of hydrogen-bond donors (Lipinski definition) is 1. The fourth-order valence-electron chi connectivity index (χ4n) is 1.98. The summed E-state index contributed by atoms with van der Waals surface area (Å²) in [6.07, 6.45) is 1.82. The van der Waals surface area contributed by atoms with E-state index >= 15 is 0 Å². The molecule has 1 aliphatic heterocycles. The molecule has 0 bridgehead atoms. The second-order valence-electron chi connectivity index (χ2n) is 3.85. The Morgan fingerprint density at radius 2 is 2.00 bits per heavy atom. The summed E-state index contributed by atoms with van der Waals surface area (Å²) in [6.45, 7) is 6.64. The van der Waals surface area contributed by atoms with Gasteiger partial charge in [0.15, 0.2) is 0 Å². The van der Waals surface area contributed by atoms with E-state index in [0.29, 0.717) is 6.04 Å². The second-order valence-corrected chi connectivity index (χ2v) is 4.60. The molecule has 98 valence electrons. The van der Waals surface area contributed by atoms with Gasteiger partial charge in [0, 0.05) is 44.0 Å². The molecule has 1 aromatic rings. The lowest BCUT2D eigenvalue weighted by molar-refractivity contribution is 0.185. The van der Waals surface area contributed by atoms with Crippen molar-refractivity contribution < 1.29 is 0 Å². The molecule has 0 saturated carbocycles. The molecule has 1 saturated heterocycles. The molecule has 0 spiro atoms. The Morgan fingerprint density at radius 1 is 1.35 bits per heavy atom. The number of nitrogens with one attached hydrogen (secondary N) is 1. The maximum Gasteiger partial charge on any atom is 0.110 e. The first-order chi connectivity index (χ1) is 7.29. The maximum absolute atomic E-state index is 4.27. The van der Waals surface area contributed by atoms with Gasteiger partial charge in [0.05, 0.1) is 0 Å². The number of aromatic nitrogens is 1. The lowest BCUT2D eigenvalue weighted by Gasteiger charge is -2.33. The number of halogens is 3. The van der Waals surface area contributed by atoms with Crippen molar-refractivity contribution in [3.8, 4) is 0 Å². The number of piperazine rings is 1. The van der Waals surface area contributed by atoms with Crippen LogP contribution in [0.25, 0.3) is 0 Å². The van der Waals surface area contributed by atoms with Gasteiger partial charge in [-0.2, -0.15) is 0 Å². The Kier molecular flexibility index (Phi) is 8.33. The molecule has 0 unspecified atom stereocenters. The molecule has 1 atom stereocenters. The lowest BCUT2D eigenvalue weighted by Crippen LogP contribution is -2.44. The van der Waals surface area contributed by atoms with Crippen LogP contribution in [0.3, 0.4) is 0 Å². The smallest absolute Gasteiger partial charge is 0.110 e. The van der Waals surface area contributed by atoms with Crippen LogP contribution in [0, 0.1) is 0 Å². The minimum absolute atomic E-state index is 0. The molecule has 17 heavy (non-hydrogen) atoms. The van der Waals surface area contributed by atoms with Gasteiger partial charge in [-0.3, -0.25) is 4.90 Å². The number of nitrogens with zero attached hydrogens (tertiary/aromatic N) is 2. The monoisotopic (exact) mass is 341 g/mol. The van der Waals surface area contributed by atoms with Crippen molar-refractivity contribution in [2.75, 3.05) is 26.2 Å². The van der Waals surface area contributed by atoms with Gasteiger partial charge in [-0.05, 0) is 28.9 Å². The predicted octanol–water partition coefficient (Wildman–Crippen LogP) is 2.65. The molecule has 1 aromatic heterocycles. The Bertz CT molecular complexity index is 332. The molecule has 2 heterocycles. The first-order valence-corrected chi connectivity index (χ1v) is 6.13. The van der Waals surface area contributed by atoms with Crippen LogP contribution in [0.15, 0.2) is 22.9 Å². The lowest BCUT2D eigenvalue weighted by atomic mass is 10.1. The quantitative estimate of drug-likeness (QED) is 0.837. The van der Waals surface area contributed by atoms with Crippen molar-refractivity contribution in [1.82, 2.24) is 15.2 Å². The van der Waals surface area contributed by atoms with E-state index in [4.69, 9.17) is 0 Å². The summed E-state index contributed by atoms with van der Waals surface area (Å²) < 4.78 is 0.969. The summed E-state index contributed by atoms with van der Waals surface area (Å²) in [6, 6.07) is 4.58. The molecule has 1 aliphatic rings. The van der Waals surface area contributed by atoms with E-state index in [0.717, 1.165) is 30.8 Å². The van der Waals surface area contributed by atoms with E-state index in [1.54, 1.807) is 0 Å². The van der Waals surface area contributed by atoms with Crippen LogP contribution in [0.1, 0.15) is 18.5 Å². The summed E-state index contributed by atoms with van der Waals surface area (Å²) >= 11 is 3.51. The Morgan fingerprint density at radius 3 is 2.59 bits per heavy atom. The third-order valence-electron chi connectivity index (χ3n) is 2.94. The maximum atomic E-state index is 4.27. The standard InChI is InChI=1S/C11H16BrN3.2ClH/c1-9(15-7-5-13-6-8-15)10-3-2-4-14-11(10)12;;/h2-4,9,13H,5-8H2,1H3;2*1H/t9-;;/m0../s1. The largest absolute Gasteiger partial charge is 0.314 e. The molecule has 1 N–H and O–H groups in total. The number of hydrogen-bond acceptors (Lipinski definition) is 3. The van der Waals surface area contributed by atoms with Crippen molar-refractivity contribution in [3.05, 3.63) is 28.5 Å². The zero-order chi connectivity index (χ0) is 10.7. The van der Waals surface area contributed by atoms with Crippen molar-refractivity contribution in [2.24, 2.45) is 0 Å². The van der Waals surface area contributed by atoms with Gasteiger partial charge < -0.3 is 5.32 Å². The molecule has 0 amide bonds. The normalized spacial score (nSPS) is 17.8. The molecule has 0 radical (unpaired) electrons. The summed E-state index contributed by atoms with van der Waals surface area (Å²) in [4.78, 5) is 6.75. The van der Waals surface area contributed by atoms with Gasteiger partial charge in [-0.25, -0.2) is 4.98 Å². The van der Waals surface area contributed by atoms with Gasteiger partial charge in [0.1, 0.15) is 4.60 Å². The van der Waals surface area contributed by atoms with E-state index in [-0.39, 0.29) is 24.8 Å². The Labute approximate surface area is 123 Å². The van der Waals surface area contributed by atoms with Crippen LogP contribution in [-0.2, 0) is 0 Å². The summed E-state index contributed by atoms with van der Waals surface area (Å²) in [7, 11) is 0. The molecule has 0 aromatic carbocycles. The van der Waals surface area contributed by atoms with Crippen LogP contribution in [-0.4, -0.2) is 36.1 Å². The van der Waals surface area contributed by atoms with E-state index in [2.05, 4.69) is 44.1 Å². The molecule has 3 nitrogen and oxygen atoms in total. The van der Waals surface area contributed by atoms with E-state index in [9.17, 15) is 0 Å². The van der Waals surface area contributed by atoms with Gasteiger partial charge in [0.25, 0.3) is 0 Å². The average molecular weight is 343 g/mol. The minimum Gasteiger partial charge on any atom is -0.314 e. The van der Waals surface area contributed by atoms with Crippen molar-refractivity contribution in [1.29, 1.82) is 0 Å². The highest BCUT2D eigenvalue weighted by Gasteiger charge is 2.19. The van der Waals surface area contributed by atoms with Crippen LogP contribution < -0.4 is 5.32 Å². The highest BCUT2D eigenvalue weighted by molar-refractivity contribution is 9.10. The van der Waals surface area contributed by atoms with Crippen LogP contribution >= 0.6 is 40.7 Å². The van der Waals surface area contributed by atoms with Gasteiger partial charge in [-0.1, -0.05) is 6.07 Å². The number of pyridine rings is 1. The van der Waals surface area contributed by atoms with Crippen LogP contribution in [0.5, 0.6) is 0 Å². The second kappa shape index (κ2) is 8.27. The Hall–Kier alpha value is 0.130.